The molecule has 0 bridgehead atoms. The van der Waals surface area contributed by atoms with Gasteiger partial charge in [-0.15, -0.1) is 0 Å². The highest BCUT2D eigenvalue weighted by Crippen LogP contribution is 2.20. The van der Waals surface area contributed by atoms with Gasteiger partial charge in [0.05, 0.1) is 12.0 Å². The fourth-order valence-corrected chi connectivity index (χ4v) is 1.88. The van der Waals surface area contributed by atoms with Crippen LogP contribution in [0.3, 0.4) is 0 Å². The summed E-state index contributed by atoms with van der Waals surface area (Å²) in [4.78, 5) is 25.0. The standard InChI is InChI=1S/C12H21NO3/c1-8(2)6-13-7-10(5-11(13)14)12(15)16-9(3)4/h8-10H,5-7H2,1-4H3. The molecule has 1 amide bonds. The molecule has 0 saturated carbocycles. The van der Waals surface area contributed by atoms with Gasteiger partial charge < -0.3 is 9.64 Å². The zero-order chi connectivity index (χ0) is 12.3. The lowest BCUT2D eigenvalue weighted by Crippen LogP contribution is -2.30. The molecular formula is C12H21NO3. The summed E-state index contributed by atoms with van der Waals surface area (Å²) in [6.45, 7) is 9.01. The number of hydrogen-bond acceptors (Lipinski definition) is 3. The molecule has 0 spiro atoms. The van der Waals surface area contributed by atoms with E-state index in [1.54, 1.807) is 4.90 Å². The van der Waals surface area contributed by atoms with E-state index < -0.39 is 0 Å². The second-order valence-corrected chi connectivity index (χ2v) is 5.08. The van der Waals surface area contributed by atoms with E-state index in [4.69, 9.17) is 4.74 Å². The van der Waals surface area contributed by atoms with Crippen molar-refractivity contribution in [3.63, 3.8) is 0 Å². The van der Waals surface area contributed by atoms with Crippen LogP contribution in [0.4, 0.5) is 0 Å². The highest BCUT2D eigenvalue weighted by molar-refractivity contribution is 5.86. The molecule has 0 aliphatic carbocycles. The van der Waals surface area contributed by atoms with E-state index in [9.17, 15) is 9.59 Å². The molecule has 0 aromatic heterocycles. The minimum Gasteiger partial charge on any atom is -0.463 e. The molecule has 1 saturated heterocycles. The Morgan fingerprint density at radius 2 is 2.06 bits per heavy atom. The third kappa shape index (κ3) is 3.51. The van der Waals surface area contributed by atoms with Gasteiger partial charge in [0, 0.05) is 19.5 Å². The van der Waals surface area contributed by atoms with Gasteiger partial charge in [-0.1, -0.05) is 13.8 Å². The van der Waals surface area contributed by atoms with Crippen molar-refractivity contribution in [2.24, 2.45) is 11.8 Å². The maximum absolute atomic E-state index is 11.6. The minimum absolute atomic E-state index is 0.0689. The van der Waals surface area contributed by atoms with E-state index in [-0.39, 0.29) is 23.9 Å². The summed E-state index contributed by atoms with van der Waals surface area (Å²) in [7, 11) is 0. The molecule has 1 unspecified atom stereocenters. The van der Waals surface area contributed by atoms with Crippen molar-refractivity contribution >= 4 is 11.9 Å². The first-order chi connectivity index (χ1) is 7.40. The van der Waals surface area contributed by atoms with E-state index in [0.29, 0.717) is 18.9 Å². The number of carbonyl (C=O) groups excluding carboxylic acids is 2. The lowest BCUT2D eigenvalue weighted by atomic mass is 10.1. The van der Waals surface area contributed by atoms with Gasteiger partial charge in [-0.3, -0.25) is 9.59 Å². The maximum Gasteiger partial charge on any atom is 0.311 e. The van der Waals surface area contributed by atoms with Gasteiger partial charge in [-0.05, 0) is 19.8 Å². The summed E-state index contributed by atoms with van der Waals surface area (Å²) in [5.41, 5.74) is 0. The maximum atomic E-state index is 11.6. The highest BCUT2D eigenvalue weighted by atomic mass is 16.5. The third-order valence-corrected chi connectivity index (χ3v) is 2.49. The summed E-state index contributed by atoms with van der Waals surface area (Å²) in [5, 5.41) is 0. The molecule has 4 heteroatoms. The van der Waals surface area contributed by atoms with Crippen molar-refractivity contribution in [3.05, 3.63) is 0 Å². The summed E-state index contributed by atoms with van der Waals surface area (Å²) < 4.78 is 5.12. The second kappa shape index (κ2) is 5.32. The largest absolute Gasteiger partial charge is 0.463 e. The zero-order valence-corrected chi connectivity index (χ0v) is 10.5. The van der Waals surface area contributed by atoms with Crippen molar-refractivity contribution in [1.82, 2.24) is 4.90 Å². The summed E-state index contributed by atoms with van der Waals surface area (Å²) in [6.07, 6.45) is 0.194. The molecule has 1 aliphatic heterocycles. The SMILES string of the molecule is CC(C)CN1CC(C(=O)OC(C)C)CC1=O. The number of rotatable bonds is 4. The van der Waals surface area contributed by atoms with Crippen molar-refractivity contribution in [2.45, 2.75) is 40.2 Å². The van der Waals surface area contributed by atoms with Crippen LogP contribution in [0.2, 0.25) is 0 Å². The van der Waals surface area contributed by atoms with Crippen molar-refractivity contribution in [1.29, 1.82) is 0 Å². The number of likely N-dealkylation sites (tertiary alicyclic amines) is 1. The Morgan fingerprint density at radius 3 is 2.56 bits per heavy atom. The number of carbonyl (C=O) groups is 2. The lowest BCUT2D eigenvalue weighted by molar-refractivity contribution is -0.152. The molecule has 0 radical (unpaired) electrons. The number of esters is 1. The number of hydrogen-bond donors (Lipinski definition) is 0. The third-order valence-electron chi connectivity index (χ3n) is 2.49. The predicted octanol–water partition coefficient (Wildman–Crippen LogP) is 1.44. The Morgan fingerprint density at radius 1 is 1.44 bits per heavy atom. The first kappa shape index (κ1) is 13.0. The van der Waals surface area contributed by atoms with Crippen LogP contribution in [0.1, 0.15) is 34.1 Å². The first-order valence-corrected chi connectivity index (χ1v) is 5.88. The number of nitrogens with zero attached hydrogens (tertiary/aromatic N) is 1. The van der Waals surface area contributed by atoms with E-state index in [1.165, 1.54) is 0 Å². The van der Waals surface area contributed by atoms with E-state index in [0.717, 1.165) is 6.54 Å². The van der Waals surface area contributed by atoms with Crippen LogP contribution in [0.25, 0.3) is 0 Å². The molecule has 1 fully saturated rings. The quantitative estimate of drug-likeness (QED) is 0.683. The molecule has 0 N–H and O–H groups in total. The summed E-state index contributed by atoms with van der Waals surface area (Å²) in [6, 6.07) is 0. The van der Waals surface area contributed by atoms with Crippen LogP contribution >= 0.6 is 0 Å². The highest BCUT2D eigenvalue weighted by Gasteiger charge is 2.35. The van der Waals surface area contributed by atoms with Crippen LogP contribution in [0, 0.1) is 11.8 Å². The van der Waals surface area contributed by atoms with E-state index in [1.807, 2.05) is 13.8 Å². The fraction of sp³-hybridized carbons (Fsp3) is 0.833. The Hall–Kier alpha value is -1.06. The van der Waals surface area contributed by atoms with Crippen LogP contribution in [0.15, 0.2) is 0 Å². The Bertz CT molecular complexity index is 273. The second-order valence-electron chi connectivity index (χ2n) is 5.08. The van der Waals surface area contributed by atoms with Gasteiger partial charge >= 0.3 is 5.97 Å². The fourth-order valence-electron chi connectivity index (χ4n) is 1.88. The Balaban J connectivity index is 2.49. The van der Waals surface area contributed by atoms with Crippen LogP contribution in [-0.4, -0.2) is 36.0 Å². The van der Waals surface area contributed by atoms with Gasteiger partial charge in [-0.2, -0.15) is 0 Å². The smallest absolute Gasteiger partial charge is 0.311 e. The van der Waals surface area contributed by atoms with Gasteiger partial charge in [0.1, 0.15) is 0 Å². The Kier molecular flexibility index (Phi) is 4.33. The molecule has 0 aromatic carbocycles. The van der Waals surface area contributed by atoms with Crippen LogP contribution in [-0.2, 0) is 14.3 Å². The summed E-state index contributed by atoms with van der Waals surface area (Å²) >= 11 is 0. The molecular weight excluding hydrogens is 206 g/mol. The van der Waals surface area contributed by atoms with Crippen molar-refractivity contribution < 1.29 is 14.3 Å². The molecule has 16 heavy (non-hydrogen) atoms. The lowest BCUT2D eigenvalue weighted by Gasteiger charge is -2.18. The molecule has 1 atom stereocenters. The zero-order valence-electron chi connectivity index (χ0n) is 10.5. The summed E-state index contributed by atoms with van der Waals surface area (Å²) in [5.74, 6) is -0.00789. The van der Waals surface area contributed by atoms with Crippen LogP contribution < -0.4 is 0 Å². The number of ether oxygens (including phenoxy) is 1. The number of amides is 1. The average Bonchev–Trinajstić information content (AvgIpc) is 2.45. The van der Waals surface area contributed by atoms with E-state index >= 15 is 0 Å². The van der Waals surface area contributed by atoms with Crippen molar-refractivity contribution in [2.75, 3.05) is 13.1 Å². The first-order valence-electron chi connectivity index (χ1n) is 5.88. The monoisotopic (exact) mass is 227 g/mol. The topological polar surface area (TPSA) is 46.6 Å². The van der Waals surface area contributed by atoms with E-state index in [2.05, 4.69) is 13.8 Å². The minimum atomic E-state index is -0.270. The van der Waals surface area contributed by atoms with Gasteiger partial charge in [-0.25, -0.2) is 0 Å². The molecule has 1 aliphatic rings. The van der Waals surface area contributed by atoms with Gasteiger partial charge in [0.2, 0.25) is 5.91 Å². The molecule has 92 valence electrons. The molecule has 0 aromatic rings. The predicted molar refractivity (Wildman–Crippen MR) is 60.8 cm³/mol. The molecule has 1 heterocycles. The van der Waals surface area contributed by atoms with Gasteiger partial charge in [0.15, 0.2) is 0 Å². The molecule has 1 rings (SSSR count). The normalized spacial score (nSPS) is 21.0. The van der Waals surface area contributed by atoms with Gasteiger partial charge in [0.25, 0.3) is 0 Å². The van der Waals surface area contributed by atoms with Crippen molar-refractivity contribution in [3.8, 4) is 0 Å². The Labute approximate surface area is 96.9 Å². The molecule has 4 nitrogen and oxygen atoms in total. The average molecular weight is 227 g/mol. The van der Waals surface area contributed by atoms with Crippen LogP contribution in [0.5, 0.6) is 0 Å².